The van der Waals surface area contributed by atoms with Gasteiger partial charge in [0.1, 0.15) is 11.6 Å². The van der Waals surface area contributed by atoms with Crippen molar-refractivity contribution in [2.45, 2.75) is 45.3 Å². The molecule has 1 amide bonds. The molecule has 1 aliphatic rings. The van der Waals surface area contributed by atoms with Crippen LogP contribution in [-0.2, 0) is 14.3 Å². The highest BCUT2D eigenvalue weighted by atomic mass is 16.6. The predicted molar refractivity (Wildman–Crippen MR) is 93.2 cm³/mol. The van der Waals surface area contributed by atoms with Crippen molar-refractivity contribution in [2.75, 3.05) is 25.1 Å². The third-order valence-electron chi connectivity index (χ3n) is 3.35. The van der Waals surface area contributed by atoms with E-state index in [-0.39, 0.29) is 5.97 Å². The van der Waals surface area contributed by atoms with Gasteiger partial charge in [-0.05, 0) is 45.7 Å². The number of nitrogens with two attached hydrogens (primary N) is 2. The van der Waals surface area contributed by atoms with Crippen molar-refractivity contribution >= 4 is 23.4 Å². The summed E-state index contributed by atoms with van der Waals surface area (Å²) in [6.45, 7) is 5.95. The number of anilines is 2. The fourth-order valence-corrected chi connectivity index (χ4v) is 2.20. The zero-order valence-electron chi connectivity index (χ0n) is 14.7. The molecule has 4 N–H and O–H groups in total. The Bertz CT molecular complexity index is 548. The van der Waals surface area contributed by atoms with Crippen LogP contribution < -0.4 is 11.5 Å². The maximum atomic E-state index is 11.8. The summed E-state index contributed by atoms with van der Waals surface area (Å²) in [6, 6.07) is 6.77. The van der Waals surface area contributed by atoms with E-state index in [9.17, 15) is 9.59 Å². The summed E-state index contributed by atoms with van der Waals surface area (Å²) in [5, 5.41) is 0. The molecule has 1 fully saturated rings. The van der Waals surface area contributed by atoms with Gasteiger partial charge >= 0.3 is 12.1 Å². The van der Waals surface area contributed by atoms with Gasteiger partial charge in [-0.2, -0.15) is 0 Å². The maximum absolute atomic E-state index is 11.8. The molecule has 7 nitrogen and oxygen atoms in total. The van der Waals surface area contributed by atoms with E-state index < -0.39 is 17.7 Å². The van der Waals surface area contributed by atoms with E-state index in [0.717, 1.165) is 6.42 Å². The fourth-order valence-electron chi connectivity index (χ4n) is 2.20. The van der Waals surface area contributed by atoms with Gasteiger partial charge in [0.2, 0.25) is 0 Å². The van der Waals surface area contributed by atoms with Crippen LogP contribution in [0, 0.1) is 0 Å². The normalized spacial score (nSPS) is 16.8. The fraction of sp³-hybridized carbons (Fsp3) is 0.529. The van der Waals surface area contributed by atoms with E-state index in [2.05, 4.69) is 4.74 Å². The predicted octanol–water partition coefficient (Wildman–Crippen LogP) is 2.41. The molecule has 134 valence electrons. The van der Waals surface area contributed by atoms with Crippen LogP contribution in [0.1, 0.15) is 33.6 Å². The first-order valence-electron chi connectivity index (χ1n) is 7.83. The first kappa shape index (κ1) is 19.6. The molecule has 1 atom stereocenters. The number of carbonyl (C=O) groups excluding carboxylic acids is 2. The lowest BCUT2D eigenvalue weighted by Crippen LogP contribution is -2.43. The van der Waals surface area contributed by atoms with Crippen LogP contribution in [0.25, 0.3) is 0 Å². The minimum absolute atomic E-state index is 0.372. The lowest BCUT2D eigenvalue weighted by Gasteiger charge is -2.27. The summed E-state index contributed by atoms with van der Waals surface area (Å²) < 4.78 is 9.88. The summed E-state index contributed by atoms with van der Waals surface area (Å²) >= 11 is 0. The SMILES string of the molecule is COC(=O)[C@@H]1CCCN1C(=O)OC(C)(C)C.Nc1ccccc1N. The van der Waals surface area contributed by atoms with Crippen molar-refractivity contribution < 1.29 is 19.1 Å². The van der Waals surface area contributed by atoms with E-state index >= 15 is 0 Å². The quantitative estimate of drug-likeness (QED) is 0.602. The van der Waals surface area contributed by atoms with Gasteiger partial charge in [0.25, 0.3) is 0 Å². The van der Waals surface area contributed by atoms with Crippen molar-refractivity contribution in [1.29, 1.82) is 0 Å². The van der Waals surface area contributed by atoms with Gasteiger partial charge in [0, 0.05) is 6.54 Å². The second kappa shape index (κ2) is 8.42. The molecule has 1 aromatic carbocycles. The van der Waals surface area contributed by atoms with Crippen LogP contribution in [-0.4, -0.2) is 42.3 Å². The molecule has 0 spiro atoms. The molecule has 0 aliphatic carbocycles. The number of nitrogens with zero attached hydrogens (tertiary/aromatic N) is 1. The molecule has 0 bridgehead atoms. The Morgan fingerprint density at radius 1 is 1.17 bits per heavy atom. The lowest BCUT2D eigenvalue weighted by molar-refractivity contribution is -0.145. The van der Waals surface area contributed by atoms with E-state index in [1.807, 2.05) is 12.1 Å². The van der Waals surface area contributed by atoms with Gasteiger partial charge in [0.15, 0.2) is 0 Å². The van der Waals surface area contributed by atoms with E-state index in [4.69, 9.17) is 16.2 Å². The minimum Gasteiger partial charge on any atom is -0.467 e. The monoisotopic (exact) mass is 337 g/mol. The number of ether oxygens (including phenoxy) is 2. The second-order valence-corrected chi connectivity index (χ2v) is 6.48. The van der Waals surface area contributed by atoms with E-state index in [1.54, 1.807) is 32.9 Å². The van der Waals surface area contributed by atoms with Gasteiger partial charge in [0.05, 0.1) is 18.5 Å². The molecule has 1 saturated heterocycles. The number of rotatable bonds is 1. The number of hydrogen-bond acceptors (Lipinski definition) is 6. The third kappa shape index (κ3) is 5.98. The number of amides is 1. The smallest absolute Gasteiger partial charge is 0.411 e. The summed E-state index contributed by atoms with van der Waals surface area (Å²) in [5.41, 5.74) is 11.5. The molecule has 1 heterocycles. The molecule has 0 radical (unpaired) electrons. The number of methoxy groups -OCH3 is 1. The van der Waals surface area contributed by atoms with Crippen LogP contribution in [0.4, 0.5) is 16.2 Å². The number of para-hydroxylation sites is 2. The Morgan fingerprint density at radius 3 is 2.12 bits per heavy atom. The number of nitrogen functional groups attached to an aromatic ring is 2. The topological polar surface area (TPSA) is 108 Å². The standard InChI is InChI=1S/C11H19NO4.C6H8N2/c1-11(2,3)16-10(14)12-7-5-6-8(12)9(13)15-4;7-5-3-1-2-4-6(5)8/h8H,5-7H2,1-4H3;1-4H,7-8H2/t8-;/m0./s1. The Balaban J connectivity index is 0.000000300. The van der Waals surface area contributed by atoms with E-state index in [0.29, 0.717) is 24.3 Å². The van der Waals surface area contributed by atoms with Crippen molar-refractivity contribution in [3.8, 4) is 0 Å². The third-order valence-corrected chi connectivity index (χ3v) is 3.35. The summed E-state index contributed by atoms with van der Waals surface area (Å²) in [6.07, 6.45) is 1.01. The van der Waals surface area contributed by atoms with Crippen molar-refractivity contribution in [1.82, 2.24) is 4.90 Å². The van der Waals surface area contributed by atoms with Crippen molar-refractivity contribution in [3.63, 3.8) is 0 Å². The van der Waals surface area contributed by atoms with Crippen LogP contribution in [0.3, 0.4) is 0 Å². The zero-order valence-corrected chi connectivity index (χ0v) is 14.7. The molecule has 0 aromatic heterocycles. The number of carbonyl (C=O) groups is 2. The summed E-state index contributed by atoms with van der Waals surface area (Å²) in [5.74, 6) is -0.372. The van der Waals surface area contributed by atoms with E-state index in [1.165, 1.54) is 12.0 Å². The number of likely N-dealkylation sites (tertiary alicyclic amines) is 1. The van der Waals surface area contributed by atoms with Crippen LogP contribution in [0.5, 0.6) is 0 Å². The number of esters is 1. The average molecular weight is 337 g/mol. The molecule has 7 heteroatoms. The molecule has 1 aliphatic heterocycles. The summed E-state index contributed by atoms with van der Waals surface area (Å²) in [7, 11) is 1.33. The zero-order chi connectivity index (χ0) is 18.3. The Labute approximate surface area is 142 Å². The second-order valence-electron chi connectivity index (χ2n) is 6.48. The highest BCUT2D eigenvalue weighted by Gasteiger charge is 2.37. The van der Waals surface area contributed by atoms with Crippen LogP contribution in [0.15, 0.2) is 24.3 Å². The highest BCUT2D eigenvalue weighted by Crippen LogP contribution is 2.21. The van der Waals surface area contributed by atoms with Crippen molar-refractivity contribution in [3.05, 3.63) is 24.3 Å². The van der Waals surface area contributed by atoms with Gasteiger partial charge in [-0.15, -0.1) is 0 Å². The Morgan fingerprint density at radius 2 is 1.71 bits per heavy atom. The molecule has 1 aromatic rings. The average Bonchev–Trinajstić information content (AvgIpc) is 2.98. The first-order chi connectivity index (χ1) is 11.2. The summed E-state index contributed by atoms with van der Waals surface area (Å²) in [4.78, 5) is 24.7. The van der Waals surface area contributed by atoms with Gasteiger partial charge in [-0.1, -0.05) is 12.1 Å². The van der Waals surface area contributed by atoms with Crippen LogP contribution >= 0.6 is 0 Å². The molecule has 2 rings (SSSR count). The molecule has 0 saturated carbocycles. The minimum atomic E-state index is -0.541. The number of hydrogen-bond donors (Lipinski definition) is 2. The maximum Gasteiger partial charge on any atom is 0.411 e. The Hall–Kier alpha value is -2.44. The Kier molecular flexibility index (Phi) is 6.88. The first-order valence-corrected chi connectivity index (χ1v) is 7.83. The molecular formula is C17H27N3O4. The molecule has 24 heavy (non-hydrogen) atoms. The molecular weight excluding hydrogens is 310 g/mol. The van der Waals surface area contributed by atoms with Crippen LogP contribution in [0.2, 0.25) is 0 Å². The molecule has 0 unspecified atom stereocenters. The van der Waals surface area contributed by atoms with Gasteiger partial charge < -0.3 is 20.9 Å². The lowest BCUT2D eigenvalue weighted by atomic mass is 10.2. The number of benzene rings is 1. The largest absolute Gasteiger partial charge is 0.467 e. The van der Waals surface area contributed by atoms with Gasteiger partial charge in [-0.25, -0.2) is 9.59 Å². The highest BCUT2D eigenvalue weighted by molar-refractivity contribution is 5.82. The van der Waals surface area contributed by atoms with Gasteiger partial charge in [-0.3, -0.25) is 4.90 Å². The van der Waals surface area contributed by atoms with Crippen molar-refractivity contribution in [2.24, 2.45) is 0 Å².